The summed E-state index contributed by atoms with van der Waals surface area (Å²) in [5.74, 6) is -0.148. The zero-order valence-corrected chi connectivity index (χ0v) is 14.4. The highest BCUT2D eigenvalue weighted by Crippen LogP contribution is 2.24. The number of aromatic amines is 1. The Kier molecular flexibility index (Phi) is 4.30. The normalized spacial score (nSPS) is 15.3. The summed E-state index contributed by atoms with van der Waals surface area (Å²) in [6.45, 7) is 3.27. The second kappa shape index (κ2) is 6.76. The SMILES string of the molecule is Cc1c(C(=O)Oc2ccc3cc[nH]c(=O)c3c2)cnn1C1CCOCC1. The van der Waals surface area contributed by atoms with Gasteiger partial charge in [-0.3, -0.25) is 9.48 Å². The molecule has 7 heteroatoms. The average Bonchev–Trinajstić information content (AvgIpc) is 3.05. The fourth-order valence-electron chi connectivity index (χ4n) is 3.31. The number of rotatable bonds is 3. The van der Waals surface area contributed by atoms with Gasteiger partial charge < -0.3 is 14.5 Å². The van der Waals surface area contributed by atoms with Crippen molar-refractivity contribution in [2.45, 2.75) is 25.8 Å². The Bertz CT molecular complexity index is 1020. The molecule has 1 aliphatic heterocycles. The van der Waals surface area contributed by atoms with Crippen molar-refractivity contribution >= 4 is 16.7 Å². The van der Waals surface area contributed by atoms with Gasteiger partial charge in [-0.15, -0.1) is 0 Å². The molecule has 26 heavy (non-hydrogen) atoms. The number of benzene rings is 1. The van der Waals surface area contributed by atoms with Crippen LogP contribution in [0.5, 0.6) is 5.75 Å². The van der Waals surface area contributed by atoms with Crippen LogP contribution in [0.2, 0.25) is 0 Å². The zero-order chi connectivity index (χ0) is 18.1. The van der Waals surface area contributed by atoms with Crippen molar-refractivity contribution < 1.29 is 14.3 Å². The van der Waals surface area contributed by atoms with Gasteiger partial charge in [0.25, 0.3) is 5.56 Å². The van der Waals surface area contributed by atoms with Crippen LogP contribution in [0.25, 0.3) is 10.8 Å². The smallest absolute Gasteiger partial charge is 0.347 e. The molecule has 1 fully saturated rings. The van der Waals surface area contributed by atoms with Gasteiger partial charge in [-0.05, 0) is 43.4 Å². The van der Waals surface area contributed by atoms with E-state index in [1.165, 1.54) is 0 Å². The summed E-state index contributed by atoms with van der Waals surface area (Å²) in [6.07, 6.45) is 4.89. The Labute approximate surface area is 149 Å². The minimum Gasteiger partial charge on any atom is -0.423 e. The quantitative estimate of drug-likeness (QED) is 0.578. The number of fused-ring (bicyclic) bond motifs is 1. The molecule has 7 nitrogen and oxygen atoms in total. The standard InChI is InChI=1S/C19H19N3O4/c1-12-17(11-21-22(12)14-5-8-25-9-6-14)19(24)26-15-3-2-13-4-7-20-18(23)16(13)10-15/h2-4,7,10-11,14H,5-6,8-9H2,1H3,(H,20,23). The summed E-state index contributed by atoms with van der Waals surface area (Å²) < 4.78 is 12.7. The molecule has 0 unspecified atom stereocenters. The van der Waals surface area contributed by atoms with Crippen LogP contribution in [0.1, 0.15) is 34.9 Å². The van der Waals surface area contributed by atoms with E-state index in [-0.39, 0.29) is 11.6 Å². The van der Waals surface area contributed by atoms with Crippen molar-refractivity contribution in [2.75, 3.05) is 13.2 Å². The van der Waals surface area contributed by atoms with Crippen LogP contribution in [0.15, 0.2) is 41.5 Å². The Morgan fingerprint density at radius 3 is 2.92 bits per heavy atom. The number of pyridine rings is 1. The molecule has 0 bridgehead atoms. The molecule has 3 heterocycles. The maximum atomic E-state index is 12.6. The summed E-state index contributed by atoms with van der Waals surface area (Å²) in [7, 11) is 0. The molecule has 1 N–H and O–H groups in total. The molecule has 1 saturated heterocycles. The number of hydrogen-bond donors (Lipinski definition) is 1. The number of nitrogens with one attached hydrogen (secondary N) is 1. The number of H-pyrrole nitrogens is 1. The summed E-state index contributed by atoms with van der Waals surface area (Å²) in [5, 5.41) is 5.64. The molecule has 0 atom stereocenters. The highest BCUT2D eigenvalue weighted by molar-refractivity contribution is 5.92. The highest BCUT2D eigenvalue weighted by atomic mass is 16.5. The summed E-state index contributed by atoms with van der Waals surface area (Å²) in [5.41, 5.74) is 0.989. The van der Waals surface area contributed by atoms with Crippen LogP contribution in [0.4, 0.5) is 0 Å². The second-order valence-electron chi connectivity index (χ2n) is 6.38. The van der Waals surface area contributed by atoms with Gasteiger partial charge in [0.05, 0.1) is 23.3 Å². The first kappa shape index (κ1) is 16.5. The molecule has 2 aromatic heterocycles. The van der Waals surface area contributed by atoms with Crippen molar-refractivity contribution in [1.82, 2.24) is 14.8 Å². The molecule has 134 valence electrons. The van der Waals surface area contributed by atoms with E-state index in [1.54, 1.807) is 36.7 Å². The van der Waals surface area contributed by atoms with E-state index < -0.39 is 5.97 Å². The Hall–Kier alpha value is -2.93. The van der Waals surface area contributed by atoms with Gasteiger partial charge in [-0.25, -0.2) is 4.79 Å². The molecule has 0 saturated carbocycles. The first-order chi connectivity index (χ1) is 12.6. The molecule has 0 amide bonds. The number of nitrogens with zero attached hydrogens (tertiary/aromatic N) is 2. The van der Waals surface area contributed by atoms with Gasteiger partial charge in [0.1, 0.15) is 11.3 Å². The number of carbonyl (C=O) groups is 1. The van der Waals surface area contributed by atoms with Crippen molar-refractivity contribution in [2.24, 2.45) is 0 Å². The van der Waals surface area contributed by atoms with Crippen LogP contribution in [-0.2, 0) is 4.74 Å². The first-order valence-corrected chi connectivity index (χ1v) is 8.59. The van der Waals surface area contributed by atoms with E-state index in [1.807, 2.05) is 11.6 Å². The molecular formula is C19H19N3O4. The van der Waals surface area contributed by atoms with Gasteiger partial charge in [0, 0.05) is 19.4 Å². The summed E-state index contributed by atoms with van der Waals surface area (Å²) >= 11 is 0. The summed E-state index contributed by atoms with van der Waals surface area (Å²) in [6, 6.07) is 7.04. The molecule has 4 rings (SSSR count). The molecule has 1 aliphatic rings. The summed E-state index contributed by atoms with van der Waals surface area (Å²) in [4.78, 5) is 27.1. The fourth-order valence-corrected chi connectivity index (χ4v) is 3.31. The molecule has 1 aromatic carbocycles. The van der Waals surface area contributed by atoms with E-state index in [4.69, 9.17) is 9.47 Å². The highest BCUT2D eigenvalue weighted by Gasteiger charge is 2.23. The van der Waals surface area contributed by atoms with Crippen molar-refractivity contribution in [3.05, 3.63) is 58.3 Å². The molecule has 0 spiro atoms. The van der Waals surface area contributed by atoms with Crippen LogP contribution in [0.3, 0.4) is 0 Å². The Morgan fingerprint density at radius 1 is 1.31 bits per heavy atom. The van der Waals surface area contributed by atoms with E-state index in [0.717, 1.165) is 23.9 Å². The van der Waals surface area contributed by atoms with E-state index in [0.29, 0.717) is 29.9 Å². The van der Waals surface area contributed by atoms with Gasteiger partial charge in [0.15, 0.2) is 0 Å². The lowest BCUT2D eigenvalue weighted by molar-refractivity contribution is 0.0655. The largest absolute Gasteiger partial charge is 0.423 e. The van der Waals surface area contributed by atoms with Gasteiger partial charge in [0.2, 0.25) is 0 Å². The van der Waals surface area contributed by atoms with Gasteiger partial charge in [-0.1, -0.05) is 6.07 Å². The predicted molar refractivity (Wildman–Crippen MR) is 95.6 cm³/mol. The van der Waals surface area contributed by atoms with Crippen molar-refractivity contribution in [1.29, 1.82) is 0 Å². The Morgan fingerprint density at radius 2 is 2.12 bits per heavy atom. The third-order valence-corrected chi connectivity index (χ3v) is 4.76. The fraction of sp³-hybridized carbons (Fsp3) is 0.316. The number of carbonyl (C=O) groups excluding carboxylic acids is 1. The van der Waals surface area contributed by atoms with Gasteiger partial charge >= 0.3 is 5.97 Å². The van der Waals surface area contributed by atoms with E-state index in [9.17, 15) is 9.59 Å². The zero-order valence-electron chi connectivity index (χ0n) is 14.4. The van der Waals surface area contributed by atoms with Crippen molar-refractivity contribution in [3.63, 3.8) is 0 Å². The monoisotopic (exact) mass is 353 g/mol. The molecular weight excluding hydrogens is 334 g/mol. The van der Waals surface area contributed by atoms with Gasteiger partial charge in [-0.2, -0.15) is 5.10 Å². The lowest BCUT2D eigenvalue weighted by Crippen LogP contribution is -2.21. The minimum atomic E-state index is -0.479. The molecule has 0 aliphatic carbocycles. The molecule has 3 aromatic rings. The van der Waals surface area contributed by atoms with E-state index in [2.05, 4.69) is 10.1 Å². The topological polar surface area (TPSA) is 86.2 Å². The molecule has 0 radical (unpaired) electrons. The number of hydrogen-bond acceptors (Lipinski definition) is 5. The predicted octanol–water partition coefficient (Wildman–Crippen LogP) is 2.60. The lowest BCUT2D eigenvalue weighted by Gasteiger charge is -2.23. The van der Waals surface area contributed by atoms with Crippen LogP contribution < -0.4 is 10.3 Å². The van der Waals surface area contributed by atoms with E-state index >= 15 is 0 Å². The van der Waals surface area contributed by atoms with Crippen LogP contribution in [-0.4, -0.2) is 33.9 Å². The third-order valence-electron chi connectivity index (χ3n) is 4.76. The minimum absolute atomic E-state index is 0.219. The van der Waals surface area contributed by atoms with Crippen LogP contribution >= 0.6 is 0 Å². The number of ether oxygens (including phenoxy) is 2. The number of aromatic nitrogens is 3. The number of esters is 1. The first-order valence-electron chi connectivity index (χ1n) is 8.59. The third kappa shape index (κ3) is 3.01. The lowest BCUT2D eigenvalue weighted by atomic mass is 10.1. The maximum Gasteiger partial charge on any atom is 0.347 e. The second-order valence-corrected chi connectivity index (χ2v) is 6.38. The maximum absolute atomic E-state index is 12.6. The Balaban J connectivity index is 1.58. The van der Waals surface area contributed by atoms with Crippen LogP contribution in [0, 0.1) is 6.92 Å². The average molecular weight is 353 g/mol. The van der Waals surface area contributed by atoms with Crippen molar-refractivity contribution in [3.8, 4) is 5.75 Å².